The van der Waals surface area contributed by atoms with Crippen molar-refractivity contribution in [1.29, 1.82) is 0 Å². The maximum absolute atomic E-state index is 12.6. The van der Waals surface area contributed by atoms with E-state index < -0.39 is 0 Å². The van der Waals surface area contributed by atoms with Crippen LogP contribution in [0.5, 0.6) is 11.5 Å². The van der Waals surface area contributed by atoms with E-state index in [-0.39, 0.29) is 5.91 Å². The fourth-order valence-electron chi connectivity index (χ4n) is 2.94. The molecule has 30 heavy (non-hydrogen) atoms. The molecule has 3 aromatic rings. The smallest absolute Gasteiger partial charge is 0.251 e. The number of benzene rings is 2. The van der Waals surface area contributed by atoms with Crippen LogP contribution in [-0.4, -0.2) is 36.8 Å². The molecule has 0 bridgehead atoms. The van der Waals surface area contributed by atoms with Crippen LogP contribution in [0.4, 0.5) is 0 Å². The molecular formula is C22H22ClN3O4. The van der Waals surface area contributed by atoms with Crippen LogP contribution in [-0.2, 0) is 12.8 Å². The van der Waals surface area contributed by atoms with Crippen LogP contribution in [0.2, 0.25) is 5.02 Å². The van der Waals surface area contributed by atoms with E-state index in [1.807, 2.05) is 12.1 Å². The Balaban J connectivity index is 1.64. The zero-order valence-electron chi connectivity index (χ0n) is 16.8. The van der Waals surface area contributed by atoms with Crippen LogP contribution < -0.4 is 14.8 Å². The SMILES string of the molecule is C=CCc1cc(C(=O)NCCc2nc(-c3ccc(Cl)cc3)no2)cc(OC)c1OC. The predicted octanol–water partition coefficient (Wildman–Crippen LogP) is 4.11. The molecule has 3 rings (SSSR count). The number of rotatable bonds is 9. The highest BCUT2D eigenvalue weighted by Crippen LogP contribution is 2.33. The Bertz CT molecular complexity index is 1030. The molecule has 1 aromatic heterocycles. The number of allylic oxidation sites excluding steroid dienone is 1. The number of methoxy groups -OCH3 is 2. The topological polar surface area (TPSA) is 86.5 Å². The molecule has 0 spiro atoms. The lowest BCUT2D eigenvalue weighted by molar-refractivity contribution is 0.0953. The third-order valence-electron chi connectivity index (χ3n) is 4.38. The van der Waals surface area contributed by atoms with E-state index in [1.165, 1.54) is 7.11 Å². The quantitative estimate of drug-likeness (QED) is 0.517. The predicted molar refractivity (Wildman–Crippen MR) is 114 cm³/mol. The molecule has 1 N–H and O–H groups in total. The van der Waals surface area contributed by atoms with Gasteiger partial charge in [-0.25, -0.2) is 0 Å². The van der Waals surface area contributed by atoms with E-state index in [0.717, 1.165) is 11.1 Å². The summed E-state index contributed by atoms with van der Waals surface area (Å²) < 4.78 is 16.0. The normalized spacial score (nSPS) is 10.5. The zero-order chi connectivity index (χ0) is 21.5. The van der Waals surface area contributed by atoms with Gasteiger partial charge in [-0.05, 0) is 42.8 Å². The Kier molecular flexibility index (Phi) is 7.08. The number of halogens is 1. The van der Waals surface area contributed by atoms with E-state index in [9.17, 15) is 4.79 Å². The maximum atomic E-state index is 12.6. The highest BCUT2D eigenvalue weighted by Gasteiger charge is 2.16. The van der Waals surface area contributed by atoms with Gasteiger partial charge in [-0.1, -0.05) is 22.8 Å². The Labute approximate surface area is 179 Å². The summed E-state index contributed by atoms with van der Waals surface area (Å²) in [5, 5.41) is 7.46. The van der Waals surface area contributed by atoms with Crippen LogP contribution in [0.3, 0.4) is 0 Å². The summed E-state index contributed by atoms with van der Waals surface area (Å²) in [7, 11) is 3.10. The molecule has 0 saturated carbocycles. The molecule has 0 aliphatic heterocycles. The van der Waals surface area contributed by atoms with Gasteiger partial charge in [0.15, 0.2) is 11.5 Å². The number of nitrogens with zero attached hydrogens (tertiary/aromatic N) is 2. The highest BCUT2D eigenvalue weighted by atomic mass is 35.5. The van der Waals surface area contributed by atoms with E-state index in [2.05, 4.69) is 22.0 Å². The zero-order valence-corrected chi connectivity index (χ0v) is 17.5. The number of hydrogen-bond acceptors (Lipinski definition) is 6. The summed E-state index contributed by atoms with van der Waals surface area (Å²) in [4.78, 5) is 17.0. The van der Waals surface area contributed by atoms with Gasteiger partial charge in [0.1, 0.15) is 0 Å². The van der Waals surface area contributed by atoms with Gasteiger partial charge in [0.25, 0.3) is 5.91 Å². The minimum absolute atomic E-state index is 0.237. The molecule has 8 heteroatoms. The molecule has 0 unspecified atom stereocenters. The molecule has 0 aliphatic rings. The van der Waals surface area contributed by atoms with Gasteiger partial charge in [0, 0.05) is 34.7 Å². The molecule has 0 radical (unpaired) electrons. The molecule has 1 heterocycles. The lowest BCUT2D eigenvalue weighted by atomic mass is 10.0. The Morgan fingerprint density at radius 2 is 2.00 bits per heavy atom. The van der Waals surface area contributed by atoms with Crippen molar-refractivity contribution in [3.8, 4) is 22.9 Å². The molecule has 0 atom stereocenters. The number of ether oxygens (including phenoxy) is 2. The van der Waals surface area contributed by atoms with E-state index in [4.69, 9.17) is 25.6 Å². The van der Waals surface area contributed by atoms with Crippen molar-refractivity contribution >= 4 is 17.5 Å². The van der Waals surface area contributed by atoms with Crippen molar-refractivity contribution in [1.82, 2.24) is 15.5 Å². The van der Waals surface area contributed by atoms with E-state index >= 15 is 0 Å². The molecular weight excluding hydrogens is 406 g/mol. The van der Waals surface area contributed by atoms with Crippen molar-refractivity contribution < 1.29 is 18.8 Å². The number of nitrogens with one attached hydrogen (secondary N) is 1. The van der Waals surface area contributed by atoms with Gasteiger partial charge in [-0.2, -0.15) is 4.98 Å². The minimum atomic E-state index is -0.237. The first-order chi connectivity index (χ1) is 14.5. The summed E-state index contributed by atoms with van der Waals surface area (Å²) >= 11 is 5.89. The third kappa shape index (κ3) is 4.99. The number of carbonyl (C=O) groups excluding carboxylic acids is 1. The van der Waals surface area contributed by atoms with Crippen LogP contribution in [0, 0.1) is 0 Å². The Morgan fingerprint density at radius 3 is 2.67 bits per heavy atom. The number of carbonyl (C=O) groups is 1. The lowest BCUT2D eigenvalue weighted by Gasteiger charge is -2.14. The van der Waals surface area contributed by atoms with Crippen molar-refractivity contribution in [3.05, 3.63) is 71.1 Å². The molecule has 2 aromatic carbocycles. The summed E-state index contributed by atoms with van der Waals surface area (Å²) in [5.41, 5.74) is 2.09. The van der Waals surface area contributed by atoms with Crippen molar-refractivity contribution in [3.63, 3.8) is 0 Å². The summed E-state index contributed by atoms with van der Waals surface area (Å²) in [6, 6.07) is 10.6. The van der Waals surface area contributed by atoms with Crippen LogP contribution in [0.15, 0.2) is 53.6 Å². The van der Waals surface area contributed by atoms with Crippen molar-refractivity contribution in [2.75, 3.05) is 20.8 Å². The average Bonchev–Trinajstić information content (AvgIpc) is 3.22. The van der Waals surface area contributed by atoms with Crippen LogP contribution >= 0.6 is 11.6 Å². The Morgan fingerprint density at radius 1 is 1.23 bits per heavy atom. The second-order valence-electron chi connectivity index (χ2n) is 6.39. The van der Waals surface area contributed by atoms with E-state index in [1.54, 1.807) is 37.5 Å². The standard InChI is InChI=1S/C22H22ClN3O4/c1-4-5-15-12-16(13-18(28-2)20(15)29-3)22(27)24-11-10-19-25-21(26-30-19)14-6-8-17(23)9-7-14/h4,6-9,12-13H,1,5,10-11H2,2-3H3,(H,24,27). The second kappa shape index (κ2) is 9.93. The second-order valence-corrected chi connectivity index (χ2v) is 6.82. The molecule has 0 saturated heterocycles. The summed E-state index contributed by atoms with van der Waals surface area (Å²) in [6.45, 7) is 4.09. The first kappa shape index (κ1) is 21.4. The first-order valence-corrected chi connectivity index (χ1v) is 9.66. The van der Waals surface area contributed by atoms with Crippen molar-refractivity contribution in [2.24, 2.45) is 0 Å². The molecule has 0 fully saturated rings. The first-order valence-electron chi connectivity index (χ1n) is 9.28. The number of amides is 1. The maximum Gasteiger partial charge on any atom is 0.251 e. The monoisotopic (exact) mass is 427 g/mol. The lowest BCUT2D eigenvalue weighted by Crippen LogP contribution is -2.26. The van der Waals surface area contributed by atoms with Gasteiger partial charge < -0.3 is 19.3 Å². The molecule has 156 valence electrons. The summed E-state index contributed by atoms with van der Waals surface area (Å²) in [6.07, 6.45) is 2.70. The van der Waals surface area contributed by atoms with Crippen molar-refractivity contribution in [2.45, 2.75) is 12.8 Å². The van der Waals surface area contributed by atoms with Gasteiger partial charge in [0.05, 0.1) is 14.2 Å². The highest BCUT2D eigenvalue weighted by molar-refractivity contribution is 6.30. The van der Waals surface area contributed by atoms with Gasteiger partial charge in [-0.15, -0.1) is 6.58 Å². The number of hydrogen-bond donors (Lipinski definition) is 1. The third-order valence-corrected chi connectivity index (χ3v) is 4.63. The average molecular weight is 428 g/mol. The molecule has 7 nitrogen and oxygen atoms in total. The van der Waals surface area contributed by atoms with E-state index in [0.29, 0.717) is 53.2 Å². The molecule has 1 amide bonds. The molecule has 0 aliphatic carbocycles. The fourth-order valence-corrected chi connectivity index (χ4v) is 3.07. The van der Waals surface area contributed by atoms with Gasteiger partial charge in [0.2, 0.25) is 11.7 Å². The largest absolute Gasteiger partial charge is 0.493 e. The van der Waals surface area contributed by atoms with Crippen LogP contribution in [0.1, 0.15) is 21.8 Å². The summed E-state index contributed by atoms with van der Waals surface area (Å²) in [5.74, 6) is 1.75. The van der Waals surface area contributed by atoms with Gasteiger partial charge >= 0.3 is 0 Å². The van der Waals surface area contributed by atoms with Gasteiger partial charge in [-0.3, -0.25) is 4.79 Å². The fraction of sp³-hybridized carbons (Fsp3) is 0.227. The number of aromatic nitrogens is 2. The minimum Gasteiger partial charge on any atom is -0.493 e. The Hall–Kier alpha value is -3.32. The van der Waals surface area contributed by atoms with Crippen LogP contribution in [0.25, 0.3) is 11.4 Å².